The number of aliphatic carboxylic acids is 1. The van der Waals surface area contributed by atoms with Crippen LogP contribution in [-0.4, -0.2) is 38.2 Å². The van der Waals surface area contributed by atoms with Crippen LogP contribution in [0.15, 0.2) is 41.2 Å². The maximum atomic E-state index is 12.9. The van der Waals surface area contributed by atoms with Gasteiger partial charge in [-0.2, -0.15) is 0 Å². The molecule has 194 valence electrons. The number of hydrogen-bond donors (Lipinski definition) is 3. The molecule has 4 rings (SSSR count). The van der Waals surface area contributed by atoms with Gasteiger partial charge < -0.3 is 19.7 Å². The molecule has 3 N–H and O–H groups in total. The fourth-order valence-corrected chi connectivity index (χ4v) is 4.45. The monoisotopic (exact) mass is 507 g/mol. The number of amides is 2. The molecule has 37 heavy (non-hydrogen) atoms. The van der Waals surface area contributed by atoms with Crippen LogP contribution in [0.5, 0.6) is 0 Å². The summed E-state index contributed by atoms with van der Waals surface area (Å²) in [5, 5.41) is 18.9. The highest BCUT2D eigenvalue weighted by atomic mass is 16.6. The molecule has 1 saturated carbocycles. The smallest absolute Gasteiger partial charge is 0.412 e. The molecule has 1 unspecified atom stereocenters. The predicted octanol–water partition coefficient (Wildman–Crippen LogP) is 4.89. The Balaban J connectivity index is 1.47. The Labute approximate surface area is 213 Å². The topological polar surface area (TPSA) is 157 Å². The van der Waals surface area contributed by atoms with Gasteiger partial charge in [-0.1, -0.05) is 24.1 Å². The normalized spacial score (nSPS) is 18.0. The van der Waals surface area contributed by atoms with Crippen LogP contribution in [0.4, 0.5) is 16.2 Å². The molecule has 3 heterocycles. The number of carbonyl (C=O) groups is 3. The van der Waals surface area contributed by atoms with Gasteiger partial charge in [0.2, 0.25) is 11.7 Å². The number of aromatic nitrogens is 3. The molecule has 0 spiro atoms. The molecular formula is C26H29N5O6. The molecule has 2 amide bonds. The molecule has 3 aromatic rings. The van der Waals surface area contributed by atoms with E-state index in [0.29, 0.717) is 41.3 Å². The van der Waals surface area contributed by atoms with Crippen LogP contribution in [0, 0.1) is 25.7 Å². The number of carboxylic acids is 1. The van der Waals surface area contributed by atoms with Crippen molar-refractivity contribution in [3.8, 4) is 11.5 Å². The van der Waals surface area contributed by atoms with Gasteiger partial charge in [0.15, 0.2) is 0 Å². The summed E-state index contributed by atoms with van der Waals surface area (Å²) in [7, 11) is 0. The van der Waals surface area contributed by atoms with Crippen LogP contribution < -0.4 is 10.6 Å². The van der Waals surface area contributed by atoms with Crippen LogP contribution in [0.3, 0.4) is 0 Å². The zero-order valence-corrected chi connectivity index (χ0v) is 20.9. The number of hydrogen-bond acceptors (Lipinski definition) is 8. The average molecular weight is 508 g/mol. The van der Waals surface area contributed by atoms with Gasteiger partial charge in [-0.15, -0.1) is 0 Å². The Hall–Kier alpha value is -4.28. The summed E-state index contributed by atoms with van der Waals surface area (Å²) < 4.78 is 10.9. The second-order valence-corrected chi connectivity index (χ2v) is 9.09. The third-order valence-electron chi connectivity index (χ3n) is 6.52. The molecule has 11 nitrogen and oxygen atoms in total. The van der Waals surface area contributed by atoms with Crippen molar-refractivity contribution >= 4 is 29.3 Å². The minimum absolute atomic E-state index is 0.239. The van der Waals surface area contributed by atoms with Crippen molar-refractivity contribution in [2.45, 2.75) is 52.6 Å². The maximum absolute atomic E-state index is 12.9. The Kier molecular flexibility index (Phi) is 7.80. The highest BCUT2D eigenvalue weighted by Crippen LogP contribution is 2.33. The fourth-order valence-electron chi connectivity index (χ4n) is 4.45. The van der Waals surface area contributed by atoms with Gasteiger partial charge in [0.05, 0.1) is 23.2 Å². The summed E-state index contributed by atoms with van der Waals surface area (Å²) in [4.78, 5) is 45.6. The molecule has 11 heteroatoms. The molecule has 0 saturated heterocycles. The van der Waals surface area contributed by atoms with Crippen LogP contribution in [0.25, 0.3) is 11.5 Å². The van der Waals surface area contributed by atoms with E-state index in [4.69, 9.17) is 9.26 Å². The highest BCUT2D eigenvalue weighted by molar-refractivity contribution is 5.96. The molecule has 3 aromatic heterocycles. The van der Waals surface area contributed by atoms with E-state index >= 15 is 0 Å². The van der Waals surface area contributed by atoms with E-state index in [9.17, 15) is 19.5 Å². The molecule has 1 aliphatic rings. The van der Waals surface area contributed by atoms with Crippen LogP contribution >= 0.6 is 0 Å². The summed E-state index contributed by atoms with van der Waals surface area (Å²) in [6, 6.07) is 6.87. The van der Waals surface area contributed by atoms with Gasteiger partial charge in [-0.25, -0.2) is 9.78 Å². The van der Waals surface area contributed by atoms with Gasteiger partial charge in [0.25, 0.3) is 0 Å². The number of anilines is 2. The Morgan fingerprint density at radius 3 is 2.51 bits per heavy atom. The lowest BCUT2D eigenvalue weighted by Gasteiger charge is -2.27. The molecule has 0 aromatic carbocycles. The van der Waals surface area contributed by atoms with Gasteiger partial charge in [-0.05, 0) is 51.8 Å². The van der Waals surface area contributed by atoms with E-state index in [1.807, 2.05) is 6.07 Å². The Morgan fingerprint density at radius 1 is 1.08 bits per heavy atom. The molecule has 0 aliphatic heterocycles. The zero-order chi connectivity index (χ0) is 26.5. The van der Waals surface area contributed by atoms with Gasteiger partial charge in [-0.3, -0.25) is 19.9 Å². The van der Waals surface area contributed by atoms with Gasteiger partial charge in [0.1, 0.15) is 23.2 Å². The number of carbonyl (C=O) groups excluding carboxylic acids is 2. The summed E-state index contributed by atoms with van der Waals surface area (Å²) >= 11 is 0. The Bertz CT molecular complexity index is 1290. The third-order valence-corrected chi connectivity index (χ3v) is 6.52. The van der Waals surface area contributed by atoms with E-state index in [1.165, 1.54) is 0 Å². The number of pyridine rings is 2. The quantitative estimate of drug-likeness (QED) is 0.405. The summed E-state index contributed by atoms with van der Waals surface area (Å²) in [6.07, 6.45) is 4.70. The van der Waals surface area contributed by atoms with Gasteiger partial charge >= 0.3 is 12.1 Å². The van der Waals surface area contributed by atoms with Crippen molar-refractivity contribution in [1.82, 2.24) is 15.1 Å². The van der Waals surface area contributed by atoms with Crippen molar-refractivity contribution in [2.24, 2.45) is 11.8 Å². The minimum atomic E-state index is -0.945. The van der Waals surface area contributed by atoms with Crippen molar-refractivity contribution in [2.75, 3.05) is 10.6 Å². The highest BCUT2D eigenvalue weighted by Gasteiger charge is 2.36. The number of ether oxygens (including phenoxy) is 1. The molecule has 1 aliphatic carbocycles. The van der Waals surface area contributed by atoms with Crippen LogP contribution in [0.1, 0.15) is 55.7 Å². The molecule has 0 bridgehead atoms. The minimum Gasteiger partial charge on any atom is -0.481 e. The molecule has 1 fully saturated rings. The SMILES string of the molecule is Cc1nc(-c2onc(C)c2NC(=O)OC(C)c2cccnc2)ccc1NC(=O)[C@H]1CCCC[C@H]1C(=O)O. The Morgan fingerprint density at radius 2 is 1.84 bits per heavy atom. The lowest BCUT2D eigenvalue weighted by molar-refractivity contribution is -0.147. The van der Waals surface area contributed by atoms with E-state index in [1.54, 1.807) is 51.4 Å². The van der Waals surface area contributed by atoms with E-state index in [2.05, 4.69) is 25.8 Å². The second-order valence-electron chi connectivity index (χ2n) is 9.09. The summed E-state index contributed by atoms with van der Waals surface area (Å²) in [6.45, 7) is 5.13. The van der Waals surface area contributed by atoms with Crippen LogP contribution in [-0.2, 0) is 14.3 Å². The average Bonchev–Trinajstić information content (AvgIpc) is 3.25. The molecule has 0 radical (unpaired) electrons. The summed E-state index contributed by atoms with van der Waals surface area (Å²) in [5.41, 5.74) is 2.87. The fraction of sp³-hybridized carbons (Fsp3) is 0.385. The van der Waals surface area contributed by atoms with Crippen molar-refractivity contribution < 1.29 is 28.8 Å². The standard InChI is InChI=1S/C26H29N5O6/c1-14-20(29-24(32)18-8-4-5-9-19(18)25(33)34)10-11-21(28-14)23-22(15(2)31-37-23)30-26(35)36-16(3)17-7-6-12-27-13-17/h6-7,10-13,16,18-19H,4-5,8-9H2,1-3H3,(H,29,32)(H,30,35)(H,33,34)/t16?,18-,19+/m0/s1. The van der Waals surface area contributed by atoms with Gasteiger partial charge in [0, 0.05) is 18.0 Å². The second kappa shape index (κ2) is 11.2. The maximum Gasteiger partial charge on any atom is 0.412 e. The van der Waals surface area contributed by atoms with E-state index < -0.39 is 30.0 Å². The van der Waals surface area contributed by atoms with Crippen molar-refractivity contribution in [3.63, 3.8) is 0 Å². The predicted molar refractivity (Wildman–Crippen MR) is 134 cm³/mol. The first kappa shape index (κ1) is 25.8. The lowest BCUT2D eigenvalue weighted by atomic mass is 9.78. The number of carboxylic acid groups (broad SMARTS) is 1. The van der Waals surface area contributed by atoms with Crippen molar-refractivity contribution in [1.29, 1.82) is 0 Å². The van der Waals surface area contributed by atoms with E-state index in [-0.39, 0.29) is 11.7 Å². The number of nitrogens with one attached hydrogen (secondary N) is 2. The van der Waals surface area contributed by atoms with E-state index in [0.717, 1.165) is 18.4 Å². The summed E-state index contributed by atoms with van der Waals surface area (Å²) in [5.74, 6) is -2.30. The molecular weight excluding hydrogens is 478 g/mol. The zero-order valence-electron chi connectivity index (χ0n) is 20.9. The third kappa shape index (κ3) is 5.93. The number of rotatable bonds is 7. The molecule has 3 atom stereocenters. The van der Waals surface area contributed by atoms with Crippen LogP contribution in [0.2, 0.25) is 0 Å². The lowest BCUT2D eigenvalue weighted by Crippen LogP contribution is -2.36. The largest absolute Gasteiger partial charge is 0.481 e. The first-order chi connectivity index (χ1) is 17.7. The number of nitrogens with zero attached hydrogens (tertiary/aromatic N) is 3. The first-order valence-electron chi connectivity index (χ1n) is 12.1. The van der Waals surface area contributed by atoms with Crippen molar-refractivity contribution in [3.05, 3.63) is 53.6 Å². The number of aryl methyl sites for hydroxylation is 2. The first-order valence-corrected chi connectivity index (χ1v) is 12.1.